The van der Waals surface area contributed by atoms with E-state index in [4.69, 9.17) is 0 Å². The van der Waals surface area contributed by atoms with Crippen molar-refractivity contribution < 1.29 is 9.90 Å². The van der Waals surface area contributed by atoms with Gasteiger partial charge in [-0.1, -0.05) is 0 Å². The number of nitrogens with one attached hydrogen (secondary N) is 1. The quantitative estimate of drug-likeness (QED) is 0.668. The van der Waals surface area contributed by atoms with Crippen molar-refractivity contribution >= 4 is 6.29 Å². The van der Waals surface area contributed by atoms with E-state index in [0.29, 0.717) is 17.7 Å². The van der Waals surface area contributed by atoms with Crippen LogP contribution in [0.2, 0.25) is 0 Å². The van der Waals surface area contributed by atoms with Crippen molar-refractivity contribution in [2.45, 2.75) is 0 Å². The van der Waals surface area contributed by atoms with Crippen LogP contribution in [0.4, 0.5) is 0 Å². The van der Waals surface area contributed by atoms with Crippen LogP contribution in [0.15, 0.2) is 18.2 Å². The van der Waals surface area contributed by atoms with Crippen LogP contribution in [0, 0.1) is 0 Å². The standard InChI is InChI=1S/C8H6N4O2/c13-4-6-3-5(1-2-7(6)14)8-9-11-12-10-8/h1-4,14H,(H,9,10,11,12). The Bertz CT molecular complexity index is 452. The van der Waals surface area contributed by atoms with Crippen molar-refractivity contribution in [3.63, 3.8) is 0 Å². The molecule has 1 aromatic carbocycles. The van der Waals surface area contributed by atoms with Gasteiger partial charge in [-0.2, -0.15) is 5.21 Å². The first kappa shape index (κ1) is 8.36. The van der Waals surface area contributed by atoms with E-state index in [-0.39, 0.29) is 11.3 Å². The summed E-state index contributed by atoms with van der Waals surface area (Å²) in [6, 6.07) is 4.51. The van der Waals surface area contributed by atoms with Crippen LogP contribution in [0.25, 0.3) is 11.4 Å². The highest BCUT2D eigenvalue weighted by molar-refractivity contribution is 5.81. The Kier molecular flexibility index (Phi) is 1.94. The van der Waals surface area contributed by atoms with Crippen molar-refractivity contribution in [2.75, 3.05) is 0 Å². The zero-order valence-electron chi connectivity index (χ0n) is 7.01. The smallest absolute Gasteiger partial charge is 0.204 e. The molecule has 2 N–H and O–H groups in total. The van der Waals surface area contributed by atoms with Gasteiger partial charge in [0.2, 0.25) is 5.82 Å². The molecular weight excluding hydrogens is 184 g/mol. The molecule has 2 aromatic rings. The van der Waals surface area contributed by atoms with Crippen LogP contribution in [0.1, 0.15) is 10.4 Å². The second kappa shape index (κ2) is 3.25. The number of phenols is 1. The summed E-state index contributed by atoms with van der Waals surface area (Å²) in [5.41, 5.74) is 0.825. The Morgan fingerprint density at radius 1 is 1.43 bits per heavy atom. The number of carbonyl (C=O) groups excluding carboxylic acids is 1. The molecule has 0 spiro atoms. The summed E-state index contributed by atoms with van der Waals surface area (Å²) in [6.45, 7) is 0. The van der Waals surface area contributed by atoms with Crippen LogP contribution in [-0.2, 0) is 0 Å². The van der Waals surface area contributed by atoms with E-state index in [1.807, 2.05) is 0 Å². The average molecular weight is 190 g/mol. The number of aldehydes is 1. The van der Waals surface area contributed by atoms with E-state index in [9.17, 15) is 9.90 Å². The highest BCUT2D eigenvalue weighted by atomic mass is 16.3. The molecular formula is C8H6N4O2. The van der Waals surface area contributed by atoms with E-state index in [1.54, 1.807) is 6.07 Å². The Morgan fingerprint density at radius 2 is 2.29 bits per heavy atom. The highest BCUT2D eigenvalue weighted by Crippen LogP contribution is 2.21. The average Bonchev–Trinajstić information content (AvgIpc) is 2.71. The lowest BCUT2D eigenvalue weighted by atomic mass is 10.1. The Hall–Kier alpha value is -2.24. The molecule has 2 rings (SSSR count). The summed E-state index contributed by atoms with van der Waals surface area (Å²) >= 11 is 0. The minimum atomic E-state index is -0.0627. The second-order valence-corrected chi connectivity index (χ2v) is 2.63. The minimum Gasteiger partial charge on any atom is -0.507 e. The molecule has 0 fully saturated rings. The number of hydrogen-bond acceptors (Lipinski definition) is 5. The van der Waals surface area contributed by atoms with Crippen molar-refractivity contribution in [1.29, 1.82) is 0 Å². The number of H-pyrrole nitrogens is 1. The predicted molar refractivity (Wildman–Crippen MR) is 46.7 cm³/mol. The molecule has 14 heavy (non-hydrogen) atoms. The number of hydrogen-bond donors (Lipinski definition) is 2. The lowest BCUT2D eigenvalue weighted by molar-refractivity contribution is 0.112. The van der Waals surface area contributed by atoms with Gasteiger partial charge in [0.25, 0.3) is 0 Å². The summed E-state index contributed by atoms with van der Waals surface area (Å²) in [5, 5.41) is 22.4. The molecule has 0 unspecified atom stereocenters. The molecule has 0 amide bonds. The van der Waals surface area contributed by atoms with Crippen molar-refractivity contribution in [2.24, 2.45) is 0 Å². The Morgan fingerprint density at radius 3 is 2.93 bits per heavy atom. The lowest BCUT2D eigenvalue weighted by Gasteiger charge is -1.98. The van der Waals surface area contributed by atoms with Crippen molar-refractivity contribution in [3.05, 3.63) is 23.8 Å². The third-order valence-electron chi connectivity index (χ3n) is 1.76. The molecule has 0 aliphatic rings. The first-order valence-corrected chi connectivity index (χ1v) is 3.83. The van der Waals surface area contributed by atoms with E-state index in [2.05, 4.69) is 20.6 Å². The van der Waals surface area contributed by atoms with Crippen LogP contribution < -0.4 is 0 Å². The number of benzene rings is 1. The number of tetrazole rings is 1. The van der Waals surface area contributed by atoms with Gasteiger partial charge in [-0.05, 0) is 23.4 Å². The van der Waals surface area contributed by atoms with Crippen LogP contribution in [0.3, 0.4) is 0 Å². The van der Waals surface area contributed by atoms with E-state index in [1.165, 1.54) is 12.1 Å². The Labute approximate surface area is 78.6 Å². The molecule has 6 nitrogen and oxygen atoms in total. The predicted octanol–water partition coefficient (Wildman–Crippen LogP) is 0.385. The van der Waals surface area contributed by atoms with Crippen LogP contribution in [-0.4, -0.2) is 32.0 Å². The number of nitrogens with zero attached hydrogens (tertiary/aromatic N) is 3. The summed E-state index contributed by atoms with van der Waals surface area (Å²) in [4.78, 5) is 10.5. The van der Waals surface area contributed by atoms with Gasteiger partial charge >= 0.3 is 0 Å². The molecule has 0 aliphatic carbocycles. The van der Waals surface area contributed by atoms with Crippen LogP contribution >= 0.6 is 0 Å². The molecule has 0 saturated carbocycles. The van der Waals surface area contributed by atoms with Crippen molar-refractivity contribution in [1.82, 2.24) is 20.6 Å². The maximum Gasteiger partial charge on any atom is 0.204 e. The van der Waals surface area contributed by atoms with E-state index < -0.39 is 0 Å². The van der Waals surface area contributed by atoms with Gasteiger partial charge in [0, 0.05) is 5.56 Å². The summed E-state index contributed by atoms with van der Waals surface area (Å²) in [5.74, 6) is 0.320. The third-order valence-corrected chi connectivity index (χ3v) is 1.76. The number of carbonyl (C=O) groups is 1. The SMILES string of the molecule is O=Cc1cc(-c2nn[nH]n2)ccc1O. The third kappa shape index (κ3) is 1.33. The lowest BCUT2D eigenvalue weighted by Crippen LogP contribution is -1.85. The Balaban J connectivity index is 2.51. The fourth-order valence-corrected chi connectivity index (χ4v) is 1.07. The van der Waals surface area contributed by atoms with Gasteiger partial charge in [-0.3, -0.25) is 4.79 Å². The maximum atomic E-state index is 10.5. The molecule has 6 heteroatoms. The van der Waals surface area contributed by atoms with Gasteiger partial charge < -0.3 is 5.11 Å². The van der Waals surface area contributed by atoms with Crippen molar-refractivity contribution in [3.8, 4) is 17.1 Å². The van der Waals surface area contributed by atoms with Crippen LogP contribution in [0.5, 0.6) is 5.75 Å². The molecule has 1 aromatic heterocycles. The van der Waals surface area contributed by atoms with Gasteiger partial charge in [0.1, 0.15) is 5.75 Å². The molecule has 0 radical (unpaired) electrons. The molecule has 70 valence electrons. The number of phenolic OH excluding ortho intramolecular Hbond substituents is 1. The fourth-order valence-electron chi connectivity index (χ4n) is 1.07. The number of rotatable bonds is 2. The molecule has 1 heterocycles. The second-order valence-electron chi connectivity index (χ2n) is 2.63. The molecule has 0 bridgehead atoms. The number of aromatic amines is 1. The summed E-state index contributed by atoms with van der Waals surface area (Å²) in [7, 11) is 0. The van der Waals surface area contributed by atoms with Gasteiger partial charge in [0.05, 0.1) is 5.56 Å². The molecule has 0 aliphatic heterocycles. The first-order valence-electron chi connectivity index (χ1n) is 3.83. The highest BCUT2D eigenvalue weighted by Gasteiger charge is 2.06. The number of aromatic hydroxyl groups is 1. The zero-order chi connectivity index (χ0) is 9.97. The normalized spacial score (nSPS) is 10.0. The first-order chi connectivity index (χ1) is 6.81. The number of aromatic nitrogens is 4. The van der Waals surface area contributed by atoms with Gasteiger partial charge in [-0.15, -0.1) is 10.2 Å². The zero-order valence-corrected chi connectivity index (χ0v) is 7.01. The van der Waals surface area contributed by atoms with E-state index >= 15 is 0 Å². The monoisotopic (exact) mass is 190 g/mol. The van der Waals surface area contributed by atoms with E-state index in [0.717, 1.165) is 0 Å². The summed E-state index contributed by atoms with van der Waals surface area (Å²) < 4.78 is 0. The topological polar surface area (TPSA) is 91.8 Å². The largest absolute Gasteiger partial charge is 0.507 e. The fraction of sp³-hybridized carbons (Fsp3) is 0. The summed E-state index contributed by atoms with van der Waals surface area (Å²) in [6.07, 6.45) is 0.568. The van der Waals surface area contributed by atoms with Gasteiger partial charge in [-0.25, -0.2) is 0 Å². The maximum absolute atomic E-state index is 10.5. The van der Waals surface area contributed by atoms with Gasteiger partial charge in [0.15, 0.2) is 6.29 Å². The molecule has 0 saturated heterocycles. The minimum absolute atomic E-state index is 0.0627. The molecule has 0 atom stereocenters.